The maximum atomic E-state index is 11.9. The van der Waals surface area contributed by atoms with Crippen LogP contribution in [0.1, 0.15) is 44.6 Å². The molecule has 1 aliphatic rings. The van der Waals surface area contributed by atoms with Crippen LogP contribution in [0.2, 0.25) is 0 Å². The molecule has 1 aromatic carbocycles. The van der Waals surface area contributed by atoms with Crippen LogP contribution >= 0.6 is 15.9 Å². The number of rotatable bonds is 5. The molecule has 0 unspecified atom stereocenters. The smallest absolute Gasteiger partial charge is 0.314 e. The molecule has 0 atom stereocenters. The van der Waals surface area contributed by atoms with E-state index in [9.17, 15) is 9.90 Å². The van der Waals surface area contributed by atoms with E-state index in [1.807, 2.05) is 25.1 Å². The van der Waals surface area contributed by atoms with E-state index in [1.54, 1.807) is 0 Å². The highest BCUT2D eigenvalue weighted by molar-refractivity contribution is 9.10. The molecule has 0 aliphatic heterocycles. The summed E-state index contributed by atoms with van der Waals surface area (Å²) in [6, 6.07) is 5.62. The van der Waals surface area contributed by atoms with Gasteiger partial charge in [0.1, 0.15) is 12.4 Å². The van der Waals surface area contributed by atoms with E-state index in [0.29, 0.717) is 25.2 Å². The minimum atomic E-state index is -0.792. The third-order valence-electron chi connectivity index (χ3n) is 4.07. The number of carboxylic acids is 1. The predicted molar refractivity (Wildman–Crippen MR) is 86.8 cm³/mol. The van der Waals surface area contributed by atoms with Gasteiger partial charge in [-0.2, -0.15) is 0 Å². The van der Waals surface area contributed by atoms with Crippen molar-refractivity contribution in [2.45, 2.75) is 44.4 Å². The van der Waals surface area contributed by atoms with Gasteiger partial charge in [0, 0.05) is 0 Å². The Labute approximate surface area is 134 Å². The summed E-state index contributed by atoms with van der Waals surface area (Å²) < 4.78 is 6.47. The lowest BCUT2D eigenvalue weighted by Gasteiger charge is -2.34. The van der Waals surface area contributed by atoms with Gasteiger partial charge in [0.15, 0.2) is 0 Å². The number of hydrogen-bond acceptors (Lipinski definition) is 2. The normalized spacial score (nSPS) is 17.2. The third-order valence-corrected chi connectivity index (χ3v) is 4.89. The molecular formula is C17H21BrO3. The van der Waals surface area contributed by atoms with Gasteiger partial charge in [-0.25, -0.2) is 0 Å². The number of carbonyl (C=O) groups is 1. The number of hydrogen-bond donors (Lipinski definition) is 1. The molecule has 1 N–H and O–H groups in total. The standard InChI is InChI=1S/C17H21BrO3/c1-12(2)11-21-14-8-6-7-13(15(14)18)17(16(19)20)9-4-3-5-10-17/h6-8H,1,3-5,9-11H2,2H3,(H,19,20). The Morgan fingerprint density at radius 2 is 2.05 bits per heavy atom. The second-order valence-corrected chi connectivity index (χ2v) is 6.60. The first-order valence-electron chi connectivity index (χ1n) is 7.27. The van der Waals surface area contributed by atoms with Gasteiger partial charge < -0.3 is 9.84 Å². The summed E-state index contributed by atoms with van der Waals surface area (Å²) in [6.07, 6.45) is 4.39. The molecule has 4 heteroatoms. The average molecular weight is 353 g/mol. The van der Waals surface area contributed by atoms with Crippen LogP contribution in [0.5, 0.6) is 5.75 Å². The zero-order valence-electron chi connectivity index (χ0n) is 12.3. The van der Waals surface area contributed by atoms with Crippen molar-refractivity contribution in [3.05, 3.63) is 40.4 Å². The van der Waals surface area contributed by atoms with Gasteiger partial charge in [-0.15, -0.1) is 0 Å². The highest BCUT2D eigenvalue weighted by atomic mass is 79.9. The van der Waals surface area contributed by atoms with Gasteiger partial charge in [-0.3, -0.25) is 4.79 Å². The first kappa shape index (κ1) is 16.1. The quantitative estimate of drug-likeness (QED) is 0.781. The van der Waals surface area contributed by atoms with Crippen LogP contribution in [0.25, 0.3) is 0 Å². The van der Waals surface area contributed by atoms with E-state index in [-0.39, 0.29) is 0 Å². The Morgan fingerprint density at radius 3 is 2.62 bits per heavy atom. The van der Waals surface area contributed by atoms with Crippen LogP contribution in [0, 0.1) is 0 Å². The lowest BCUT2D eigenvalue weighted by Crippen LogP contribution is -2.38. The lowest BCUT2D eigenvalue weighted by molar-refractivity contribution is -0.145. The Bertz CT molecular complexity index is 545. The molecule has 0 bridgehead atoms. The molecule has 3 nitrogen and oxygen atoms in total. The molecular weight excluding hydrogens is 332 g/mol. The van der Waals surface area contributed by atoms with Crippen molar-refractivity contribution in [2.75, 3.05) is 6.61 Å². The number of benzene rings is 1. The Balaban J connectivity index is 2.39. The highest BCUT2D eigenvalue weighted by Crippen LogP contribution is 2.45. The third kappa shape index (κ3) is 3.31. The molecule has 1 aliphatic carbocycles. The van der Waals surface area contributed by atoms with Crippen molar-refractivity contribution in [1.29, 1.82) is 0 Å². The summed E-state index contributed by atoms with van der Waals surface area (Å²) in [5.41, 5.74) is 0.964. The van der Waals surface area contributed by atoms with Crippen molar-refractivity contribution >= 4 is 21.9 Å². The van der Waals surface area contributed by atoms with Gasteiger partial charge in [0.05, 0.1) is 9.89 Å². The number of ether oxygens (including phenoxy) is 1. The number of halogens is 1. The van der Waals surface area contributed by atoms with E-state index in [2.05, 4.69) is 22.5 Å². The van der Waals surface area contributed by atoms with Gasteiger partial charge >= 0.3 is 5.97 Å². The fourth-order valence-electron chi connectivity index (χ4n) is 2.95. The Kier molecular flexibility index (Phi) is 5.09. The van der Waals surface area contributed by atoms with Crippen molar-refractivity contribution in [3.8, 4) is 5.75 Å². The van der Waals surface area contributed by atoms with E-state index >= 15 is 0 Å². The summed E-state index contributed by atoms with van der Waals surface area (Å²) in [5, 5.41) is 9.80. The molecule has 2 rings (SSSR count). The minimum absolute atomic E-state index is 0.433. The largest absolute Gasteiger partial charge is 0.488 e. The molecule has 0 heterocycles. The van der Waals surface area contributed by atoms with E-state index < -0.39 is 11.4 Å². The predicted octanol–water partition coefficient (Wildman–Crippen LogP) is 4.69. The topological polar surface area (TPSA) is 46.5 Å². The molecule has 1 fully saturated rings. The van der Waals surface area contributed by atoms with Gasteiger partial charge in [0.2, 0.25) is 0 Å². The summed E-state index contributed by atoms with van der Waals surface area (Å²) in [5.74, 6) is -0.0540. The van der Waals surface area contributed by atoms with Crippen LogP contribution in [-0.4, -0.2) is 17.7 Å². The lowest BCUT2D eigenvalue weighted by atomic mass is 9.69. The van der Waals surface area contributed by atoms with Crippen molar-refractivity contribution in [1.82, 2.24) is 0 Å². The fraction of sp³-hybridized carbons (Fsp3) is 0.471. The first-order valence-corrected chi connectivity index (χ1v) is 8.06. The van der Waals surface area contributed by atoms with Crippen molar-refractivity contribution in [2.24, 2.45) is 0 Å². The summed E-state index contributed by atoms with van der Waals surface area (Å²) in [6.45, 7) is 6.15. The molecule has 0 saturated heterocycles. The number of aliphatic carboxylic acids is 1. The van der Waals surface area contributed by atoms with Crippen molar-refractivity contribution < 1.29 is 14.6 Å². The highest BCUT2D eigenvalue weighted by Gasteiger charge is 2.43. The average Bonchev–Trinajstić information content (AvgIpc) is 2.46. The molecule has 1 aromatic rings. The maximum absolute atomic E-state index is 11.9. The van der Waals surface area contributed by atoms with Crippen LogP contribution in [0.15, 0.2) is 34.8 Å². The second kappa shape index (κ2) is 6.65. The van der Waals surface area contributed by atoms with Gasteiger partial charge in [-0.1, -0.05) is 38.0 Å². The maximum Gasteiger partial charge on any atom is 0.314 e. The monoisotopic (exact) mass is 352 g/mol. The first-order chi connectivity index (χ1) is 9.97. The van der Waals surface area contributed by atoms with Crippen molar-refractivity contribution in [3.63, 3.8) is 0 Å². The summed E-state index contributed by atoms with van der Waals surface area (Å²) >= 11 is 3.55. The SMILES string of the molecule is C=C(C)COc1cccc(C2(C(=O)O)CCCCC2)c1Br. The minimum Gasteiger partial charge on any atom is -0.488 e. The molecule has 1 saturated carbocycles. The zero-order chi connectivity index (χ0) is 15.5. The zero-order valence-corrected chi connectivity index (χ0v) is 13.9. The van der Waals surface area contributed by atoms with E-state index in [1.165, 1.54) is 0 Å². The van der Waals surface area contributed by atoms with E-state index in [4.69, 9.17) is 4.74 Å². The van der Waals surface area contributed by atoms with Crippen LogP contribution in [-0.2, 0) is 10.2 Å². The molecule has 21 heavy (non-hydrogen) atoms. The number of carboxylic acid groups (broad SMARTS) is 1. The fourth-order valence-corrected chi connectivity index (χ4v) is 3.70. The van der Waals surface area contributed by atoms with Crippen LogP contribution in [0.3, 0.4) is 0 Å². The Morgan fingerprint density at radius 1 is 1.38 bits per heavy atom. The second-order valence-electron chi connectivity index (χ2n) is 5.81. The van der Waals surface area contributed by atoms with Gasteiger partial charge in [-0.05, 0) is 52.9 Å². The summed E-state index contributed by atoms with van der Waals surface area (Å²) in [4.78, 5) is 11.9. The molecule has 0 amide bonds. The summed E-state index contributed by atoms with van der Waals surface area (Å²) in [7, 11) is 0. The van der Waals surface area contributed by atoms with Crippen LogP contribution < -0.4 is 4.74 Å². The molecule has 114 valence electrons. The van der Waals surface area contributed by atoms with Crippen LogP contribution in [0.4, 0.5) is 0 Å². The Hall–Kier alpha value is -1.29. The molecule has 0 spiro atoms. The molecule has 0 radical (unpaired) electrons. The van der Waals surface area contributed by atoms with Gasteiger partial charge in [0.25, 0.3) is 0 Å². The molecule has 0 aromatic heterocycles. The van der Waals surface area contributed by atoms with E-state index in [0.717, 1.165) is 34.9 Å².